The van der Waals surface area contributed by atoms with Gasteiger partial charge in [-0.1, -0.05) is 17.7 Å². The van der Waals surface area contributed by atoms with Crippen molar-refractivity contribution < 1.29 is 18.0 Å². The molecule has 0 fully saturated rings. The number of rotatable bonds is 5. The van der Waals surface area contributed by atoms with Crippen LogP contribution in [-0.2, 0) is 6.18 Å². The molecule has 0 bridgehead atoms. The Morgan fingerprint density at radius 3 is 2.68 bits per heavy atom. The van der Waals surface area contributed by atoms with E-state index in [9.17, 15) is 18.0 Å². The molecule has 0 aliphatic carbocycles. The highest BCUT2D eigenvalue weighted by Crippen LogP contribution is 2.34. The first kappa shape index (κ1) is 18.7. The molecule has 9 heteroatoms. The number of hydrogen-bond donors (Lipinski definition) is 2. The lowest BCUT2D eigenvalue weighted by Gasteiger charge is -2.12. The fourth-order valence-electron chi connectivity index (χ4n) is 1.91. The third kappa shape index (κ3) is 4.93. The van der Waals surface area contributed by atoms with Crippen LogP contribution in [0.25, 0.3) is 0 Å². The summed E-state index contributed by atoms with van der Waals surface area (Å²) in [6, 6.07) is 4.31. The highest BCUT2D eigenvalue weighted by Gasteiger charge is 2.31. The molecule has 5 nitrogen and oxygen atoms in total. The molecular formula is C16H14ClF3N4O. The lowest BCUT2D eigenvalue weighted by Crippen LogP contribution is -2.24. The number of anilines is 2. The quantitative estimate of drug-likeness (QED) is 0.777. The summed E-state index contributed by atoms with van der Waals surface area (Å²) in [5.74, 6) is -0.492. The molecule has 25 heavy (non-hydrogen) atoms. The molecule has 0 aliphatic heterocycles. The second-order valence-corrected chi connectivity index (χ2v) is 5.44. The van der Waals surface area contributed by atoms with Gasteiger partial charge in [0.15, 0.2) is 0 Å². The normalized spacial score (nSPS) is 11.1. The predicted octanol–water partition coefficient (Wildman–Crippen LogP) is 4.12. The summed E-state index contributed by atoms with van der Waals surface area (Å²) < 4.78 is 38.5. The minimum atomic E-state index is -4.51. The largest absolute Gasteiger partial charge is 0.416 e. The minimum Gasteiger partial charge on any atom is -0.347 e. The number of alkyl halides is 3. The molecule has 0 atom stereocenters. The Kier molecular flexibility index (Phi) is 5.63. The van der Waals surface area contributed by atoms with E-state index >= 15 is 0 Å². The van der Waals surface area contributed by atoms with Crippen molar-refractivity contribution in [3.05, 3.63) is 58.9 Å². The molecule has 132 valence electrons. The number of aromatic nitrogens is 2. The summed E-state index contributed by atoms with van der Waals surface area (Å²) in [4.78, 5) is 20.0. The zero-order valence-corrected chi connectivity index (χ0v) is 13.9. The molecule has 2 rings (SSSR count). The van der Waals surface area contributed by atoms with Crippen molar-refractivity contribution in [2.45, 2.75) is 13.1 Å². The van der Waals surface area contributed by atoms with Gasteiger partial charge < -0.3 is 10.6 Å². The van der Waals surface area contributed by atoms with Crippen molar-refractivity contribution in [2.75, 3.05) is 11.9 Å². The zero-order valence-electron chi connectivity index (χ0n) is 13.1. The number of halogens is 4. The van der Waals surface area contributed by atoms with Gasteiger partial charge in [-0.2, -0.15) is 13.2 Å². The number of nitrogens with zero attached hydrogens (tertiary/aromatic N) is 2. The van der Waals surface area contributed by atoms with Crippen molar-refractivity contribution >= 4 is 29.1 Å². The van der Waals surface area contributed by atoms with Crippen LogP contribution in [0.15, 0.2) is 36.9 Å². The Labute approximate surface area is 146 Å². The number of carbonyl (C=O) groups is 1. The van der Waals surface area contributed by atoms with Gasteiger partial charge in [0.2, 0.25) is 5.95 Å². The van der Waals surface area contributed by atoms with Gasteiger partial charge >= 0.3 is 6.18 Å². The number of nitrogens with one attached hydrogen (secondary N) is 2. The average molecular weight is 371 g/mol. The highest BCUT2D eigenvalue weighted by molar-refractivity contribution is 6.33. The average Bonchev–Trinajstić information content (AvgIpc) is 2.53. The van der Waals surface area contributed by atoms with E-state index in [-0.39, 0.29) is 28.9 Å². The minimum absolute atomic E-state index is 0.0143. The van der Waals surface area contributed by atoms with Gasteiger partial charge in [0.25, 0.3) is 5.91 Å². The Morgan fingerprint density at radius 2 is 2.04 bits per heavy atom. The molecule has 2 N–H and O–H groups in total. The monoisotopic (exact) mass is 370 g/mol. The van der Waals surface area contributed by atoms with E-state index in [0.717, 1.165) is 18.2 Å². The van der Waals surface area contributed by atoms with E-state index in [1.165, 1.54) is 12.1 Å². The van der Waals surface area contributed by atoms with Crippen molar-refractivity contribution in [1.29, 1.82) is 0 Å². The van der Waals surface area contributed by atoms with Gasteiger partial charge in [0.05, 0.1) is 16.3 Å². The first-order valence-electron chi connectivity index (χ1n) is 7.09. The fraction of sp³-hybridized carbons (Fsp3) is 0.188. The predicted molar refractivity (Wildman–Crippen MR) is 89.0 cm³/mol. The van der Waals surface area contributed by atoms with E-state index in [1.807, 2.05) is 0 Å². The van der Waals surface area contributed by atoms with E-state index in [2.05, 4.69) is 27.2 Å². The maximum Gasteiger partial charge on any atom is 0.416 e. The molecule has 1 heterocycles. The summed E-state index contributed by atoms with van der Waals surface area (Å²) in [5, 5.41) is 5.25. The molecular weight excluding hydrogens is 357 g/mol. The van der Waals surface area contributed by atoms with E-state index in [0.29, 0.717) is 5.69 Å². The van der Waals surface area contributed by atoms with E-state index in [1.54, 1.807) is 6.92 Å². The van der Waals surface area contributed by atoms with Gasteiger partial charge in [-0.15, -0.1) is 6.58 Å². The molecule has 2 aromatic rings. The van der Waals surface area contributed by atoms with Gasteiger partial charge in [-0.3, -0.25) is 4.79 Å². The lowest BCUT2D eigenvalue weighted by molar-refractivity contribution is -0.137. The highest BCUT2D eigenvalue weighted by atomic mass is 35.5. The second kappa shape index (κ2) is 7.52. The number of hydrogen-bond acceptors (Lipinski definition) is 4. The van der Waals surface area contributed by atoms with Crippen molar-refractivity contribution in [3.63, 3.8) is 0 Å². The van der Waals surface area contributed by atoms with Crippen LogP contribution in [-0.4, -0.2) is 22.4 Å². The van der Waals surface area contributed by atoms with Crippen LogP contribution >= 0.6 is 11.6 Å². The summed E-state index contributed by atoms with van der Waals surface area (Å²) >= 11 is 5.93. The van der Waals surface area contributed by atoms with Crippen molar-refractivity contribution in [1.82, 2.24) is 15.3 Å². The van der Waals surface area contributed by atoms with Crippen LogP contribution < -0.4 is 10.6 Å². The van der Waals surface area contributed by atoms with Gasteiger partial charge in [0, 0.05) is 12.2 Å². The molecule has 0 aliphatic rings. The van der Waals surface area contributed by atoms with Gasteiger partial charge in [-0.05, 0) is 31.2 Å². The molecule has 0 saturated carbocycles. The van der Waals surface area contributed by atoms with Crippen LogP contribution in [0.3, 0.4) is 0 Å². The summed E-state index contributed by atoms with van der Waals surface area (Å²) in [6.45, 7) is 5.37. The second-order valence-electron chi connectivity index (χ2n) is 5.03. The molecule has 0 radical (unpaired) electrons. The molecule has 1 aromatic heterocycles. The summed E-state index contributed by atoms with van der Waals surface area (Å²) in [7, 11) is 0. The van der Waals surface area contributed by atoms with Crippen molar-refractivity contribution in [2.24, 2.45) is 0 Å². The van der Waals surface area contributed by atoms with Crippen LogP contribution in [0.4, 0.5) is 24.8 Å². The van der Waals surface area contributed by atoms with Gasteiger partial charge in [0.1, 0.15) is 5.69 Å². The third-order valence-electron chi connectivity index (χ3n) is 3.03. The molecule has 0 spiro atoms. The summed E-state index contributed by atoms with van der Waals surface area (Å²) in [5.41, 5.74) is -0.347. The molecule has 0 saturated heterocycles. The maximum absolute atomic E-state index is 12.8. The standard InChI is InChI=1S/C16H14ClF3N4O/c1-3-6-21-14(25)13-7-9(2)22-15(24-13)23-12-8-10(16(18,19)20)4-5-11(12)17/h3-5,7-8H,1,6H2,2H3,(H,21,25)(H,22,23,24). The number of aryl methyl sites for hydroxylation is 1. The SMILES string of the molecule is C=CCNC(=O)c1cc(C)nc(Nc2cc(C(F)(F)F)ccc2Cl)n1. The molecule has 1 amide bonds. The summed E-state index contributed by atoms with van der Waals surface area (Å²) in [6.07, 6.45) is -3.00. The Morgan fingerprint density at radius 1 is 1.32 bits per heavy atom. The van der Waals surface area contributed by atoms with Crippen LogP contribution in [0, 0.1) is 6.92 Å². The van der Waals surface area contributed by atoms with Crippen LogP contribution in [0.2, 0.25) is 5.02 Å². The smallest absolute Gasteiger partial charge is 0.347 e. The first-order valence-corrected chi connectivity index (χ1v) is 7.47. The third-order valence-corrected chi connectivity index (χ3v) is 3.36. The van der Waals surface area contributed by atoms with E-state index in [4.69, 9.17) is 11.6 Å². The Bertz CT molecular complexity index is 808. The van der Waals surface area contributed by atoms with Crippen molar-refractivity contribution in [3.8, 4) is 0 Å². The van der Waals surface area contributed by atoms with Crippen LogP contribution in [0.5, 0.6) is 0 Å². The number of benzene rings is 1. The Hall–Kier alpha value is -2.61. The first-order chi connectivity index (χ1) is 11.7. The van der Waals surface area contributed by atoms with Crippen LogP contribution in [0.1, 0.15) is 21.7 Å². The Balaban J connectivity index is 2.33. The zero-order chi connectivity index (χ0) is 18.6. The number of amides is 1. The fourth-order valence-corrected chi connectivity index (χ4v) is 2.08. The molecule has 0 unspecified atom stereocenters. The number of carbonyl (C=O) groups excluding carboxylic acids is 1. The van der Waals surface area contributed by atoms with E-state index < -0.39 is 17.6 Å². The maximum atomic E-state index is 12.8. The topological polar surface area (TPSA) is 66.9 Å². The molecule has 1 aromatic carbocycles. The van der Waals surface area contributed by atoms with Gasteiger partial charge in [-0.25, -0.2) is 9.97 Å². The lowest BCUT2D eigenvalue weighted by atomic mass is 10.2.